The Morgan fingerprint density at radius 3 is 2.75 bits per heavy atom. The number of carboxylic acids is 1. The molecular formula is C14H18N2O4. The number of hydrogen-bond donors (Lipinski definition) is 3. The number of carboxylic acid groups (broad SMARTS) is 1. The maximum Gasteiger partial charge on any atom is 0.335 e. The molecule has 2 unspecified atom stereocenters. The number of carbonyl (C=O) groups excluding carboxylic acids is 1. The van der Waals surface area contributed by atoms with Gasteiger partial charge in [0.2, 0.25) is 5.91 Å². The second-order valence-corrected chi connectivity index (χ2v) is 4.85. The second kappa shape index (κ2) is 5.92. The van der Waals surface area contributed by atoms with Crippen LogP contribution in [0.15, 0.2) is 18.2 Å². The highest BCUT2D eigenvalue weighted by molar-refractivity contribution is 5.97. The summed E-state index contributed by atoms with van der Waals surface area (Å²) in [5.74, 6) is -0.836. The number of rotatable bonds is 4. The zero-order valence-corrected chi connectivity index (χ0v) is 11.5. The summed E-state index contributed by atoms with van der Waals surface area (Å²) in [6.07, 6.45) is 0.772. The van der Waals surface area contributed by atoms with Crippen LogP contribution in [0, 0.1) is 5.92 Å². The summed E-state index contributed by atoms with van der Waals surface area (Å²) in [4.78, 5) is 23.2. The third kappa shape index (κ3) is 2.91. The molecule has 6 heteroatoms. The fourth-order valence-corrected chi connectivity index (χ4v) is 2.38. The lowest BCUT2D eigenvalue weighted by molar-refractivity contribution is -0.120. The Morgan fingerprint density at radius 1 is 1.45 bits per heavy atom. The average molecular weight is 278 g/mol. The molecule has 1 aromatic carbocycles. The van der Waals surface area contributed by atoms with Crippen LogP contribution < -0.4 is 15.4 Å². The van der Waals surface area contributed by atoms with E-state index in [4.69, 9.17) is 9.84 Å². The van der Waals surface area contributed by atoms with E-state index in [2.05, 4.69) is 10.6 Å². The number of nitrogens with one attached hydrogen (secondary N) is 2. The van der Waals surface area contributed by atoms with Crippen molar-refractivity contribution in [2.24, 2.45) is 5.92 Å². The molecule has 6 nitrogen and oxygen atoms in total. The van der Waals surface area contributed by atoms with Crippen LogP contribution in [-0.2, 0) is 4.79 Å². The van der Waals surface area contributed by atoms with Crippen LogP contribution in [0.5, 0.6) is 5.75 Å². The van der Waals surface area contributed by atoms with Gasteiger partial charge < -0.3 is 20.5 Å². The van der Waals surface area contributed by atoms with E-state index in [1.165, 1.54) is 25.3 Å². The van der Waals surface area contributed by atoms with Crippen molar-refractivity contribution >= 4 is 17.6 Å². The number of carbonyl (C=O) groups is 2. The highest BCUT2D eigenvalue weighted by Crippen LogP contribution is 2.27. The molecule has 0 aliphatic carbocycles. The van der Waals surface area contributed by atoms with Gasteiger partial charge in [0.05, 0.1) is 24.3 Å². The minimum absolute atomic E-state index is 0.110. The summed E-state index contributed by atoms with van der Waals surface area (Å²) < 4.78 is 5.15. The molecule has 2 atom stereocenters. The van der Waals surface area contributed by atoms with Gasteiger partial charge in [0, 0.05) is 6.04 Å². The van der Waals surface area contributed by atoms with Gasteiger partial charge in [-0.1, -0.05) is 0 Å². The molecule has 0 saturated carbocycles. The van der Waals surface area contributed by atoms with Gasteiger partial charge >= 0.3 is 5.97 Å². The molecule has 0 radical (unpaired) electrons. The third-order valence-electron chi connectivity index (χ3n) is 3.57. The van der Waals surface area contributed by atoms with E-state index >= 15 is 0 Å². The molecule has 1 fully saturated rings. The molecular weight excluding hydrogens is 260 g/mol. The molecule has 1 amide bonds. The molecule has 1 aromatic rings. The van der Waals surface area contributed by atoms with Crippen molar-refractivity contribution in [1.82, 2.24) is 5.32 Å². The topological polar surface area (TPSA) is 87.7 Å². The lowest BCUT2D eigenvalue weighted by Gasteiger charge is -2.16. The molecule has 1 heterocycles. The quantitative estimate of drug-likeness (QED) is 0.773. The van der Waals surface area contributed by atoms with Gasteiger partial charge in [0.15, 0.2) is 0 Å². The first-order chi connectivity index (χ1) is 9.52. The highest BCUT2D eigenvalue weighted by atomic mass is 16.5. The van der Waals surface area contributed by atoms with Crippen LogP contribution >= 0.6 is 0 Å². The van der Waals surface area contributed by atoms with E-state index < -0.39 is 5.97 Å². The summed E-state index contributed by atoms with van der Waals surface area (Å²) in [5, 5.41) is 15.0. The van der Waals surface area contributed by atoms with Crippen LogP contribution in [0.1, 0.15) is 23.7 Å². The summed E-state index contributed by atoms with van der Waals surface area (Å²) >= 11 is 0. The summed E-state index contributed by atoms with van der Waals surface area (Å²) in [6, 6.07) is 4.50. The Hall–Kier alpha value is -2.08. The van der Waals surface area contributed by atoms with Crippen molar-refractivity contribution in [3.63, 3.8) is 0 Å². The Balaban J connectivity index is 2.20. The zero-order chi connectivity index (χ0) is 14.7. The number of anilines is 1. The standard InChI is InChI=1S/C14H18N2O4/c1-8-10(5-6-15-8)13(17)16-11-7-9(14(18)19)3-4-12(11)20-2/h3-4,7-8,10,15H,5-6H2,1-2H3,(H,16,17)(H,18,19). The van der Waals surface area contributed by atoms with Crippen LogP contribution in [0.3, 0.4) is 0 Å². The molecule has 108 valence electrons. The summed E-state index contributed by atoms with van der Waals surface area (Å²) in [5.41, 5.74) is 0.496. The highest BCUT2D eigenvalue weighted by Gasteiger charge is 2.29. The van der Waals surface area contributed by atoms with Crippen molar-refractivity contribution in [3.05, 3.63) is 23.8 Å². The zero-order valence-electron chi connectivity index (χ0n) is 11.5. The molecule has 0 bridgehead atoms. The Morgan fingerprint density at radius 2 is 2.20 bits per heavy atom. The lowest BCUT2D eigenvalue weighted by Crippen LogP contribution is -2.32. The molecule has 2 rings (SSSR count). The number of benzene rings is 1. The van der Waals surface area contributed by atoms with Crippen molar-refractivity contribution in [2.75, 3.05) is 19.0 Å². The van der Waals surface area contributed by atoms with Gasteiger partial charge in [-0.2, -0.15) is 0 Å². The molecule has 3 N–H and O–H groups in total. The lowest BCUT2D eigenvalue weighted by atomic mass is 10.0. The molecule has 0 aromatic heterocycles. The van der Waals surface area contributed by atoms with Crippen LogP contribution in [0.4, 0.5) is 5.69 Å². The van der Waals surface area contributed by atoms with Gasteiger partial charge in [0.25, 0.3) is 0 Å². The predicted octanol–water partition coefficient (Wildman–Crippen LogP) is 1.33. The number of ether oxygens (including phenoxy) is 1. The van der Waals surface area contributed by atoms with Gasteiger partial charge in [-0.3, -0.25) is 4.79 Å². The van der Waals surface area contributed by atoms with E-state index in [0.29, 0.717) is 11.4 Å². The van der Waals surface area contributed by atoms with E-state index in [-0.39, 0.29) is 23.4 Å². The van der Waals surface area contributed by atoms with Crippen LogP contribution in [0.2, 0.25) is 0 Å². The van der Waals surface area contributed by atoms with E-state index in [9.17, 15) is 9.59 Å². The third-order valence-corrected chi connectivity index (χ3v) is 3.57. The number of methoxy groups -OCH3 is 1. The van der Waals surface area contributed by atoms with Crippen molar-refractivity contribution in [1.29, 1.82) is 0 Å². The summed E-state index contributed by atoms with van der Waals surface area (Å²) in [7, 11) is 1.48. The fraction of sp³-hybridized carbons (Fsp3) is 0.429. The Kier molecular flexibility index (Phi) is 4.24. The maximum absolute atomic E-state index is 12.2. The van der Waals surface area contributed by atoms with Gasteiger partial charge in [-0.05, 0) is 38.1 Å². The van der Waals surface area contributed by atoms with Gasteiger partial charge in [-0.25, -0.2) is 4.79 Å². The van der Waals surface area contributed by atoms with E-state index in [1.807, 2.05) is 6.92 Å². The van der Waals surface area contributed by atoms with Crippen LogP contribution in [-0.4, -0.2) is 36.7 Å². The largest absolute Gasteiger partial charge is 0.495 e. The van der Waals surface area contributed by atoms with Crippen molar-refractivity contribution in [3.8, 4) is 5.75 Å². The smallest absolute Gasteiger partial charge is 0.335 e. The van der Waals surface area contributed by atoms with Crippen molar-refractivity contribution in [2.45, 2.75) is 19.4 Å². The average Bonchev–Trinajstić information content (AvgIpc) is 2.84. The Bertz CT molecular complexity index is 530. The molecule has 1 saturated heterocycles. The molecule has 0 spiro atoms. The molecule has 1 aliphatic heterocycles. The predicted molar refractivity (Wildman–Crippen MR) is 74.2 cm³/mol. The first kappa shape index (κ1) is 14.3. The van der Waals surface area contributed by atoms with Crippen LogP contribution in [0.25, 0.3) is 0 Å². The SMILES string of the molecule is COc1ccc(C(=O)O)cc1NC(=O)C1CCNC1C. The maximum atomic E-state index is 12.2. The van der Waals surface area contributed by atoms with Gasteiger partial charge in [-0.15, -0.1) is 0 Å². The molecule has 1 aliphatic rings. The minimum atomic E-state index is -1.04. The van der Waals surface area contributed by atoms with Crippen molar-refractivity contribution < 1.29 is 19.4 Å². The summed E-state index contributed by atoms with van der Waals surface area (Å²) in [6.45, 7) is 2.77. The Labute approximate surface area is 117 Å². The monoisotopic (exact) mass is 278 g/mol. The van der Waals surface area contributed by atoms with E-state index in [1.54, 1.807) is 0 Å². The van der Waals surface area contributed by atoms with Gasteiger partial charge in [0.1, 0.15) is 5.75 Å². The first-order valence-corrected chi connectivity index (χ1v) is 6.48. The fourth-order valence-electron chi connectivity index (χ4n) is 2.38. The number of hydrogen-bond acceptors (Lipinski definition) is 4. The first-order valence-electron chi connectivity index (χ1n) is 6.48. The van der Waals surface area contributed by atoms with E-state index in [0.717, 1.165) is 13.0 Å². The number of aromatic carboxylic acids is 1. The number of amides is 1. The minimum Gasteiger partial charge on any atom is -0.495 e. The second-order valence-electron chi connectivity index (χ2n) is 4.85. The normalized spacial score (nSPS) is 21.5. The molecule has 20 heavy (non-hydrogen) atoms.